The van der Waals surface area contributed by atoms with E-state index < -0.39 is 35.6 Å². The van der Waals surface area contributed by atoms with Crippen LogP contribution in [-0.2, 0) is 9.59 Å². The predicted molar refractivity (Wildman–Crippen MR) is 130 cm³/mol. The number of aliphatic hydroxyl groups is 1. The lowest BCUT2D eigenvalue weighted by Gasteiger charge is -2.26. The van der Waals surface area contributed by atoms with E-state index in [1.807, 2.05) is 0 Å². The summed E-state index contributed by atoms with van der Waals surface area (Å²) in [5.41, 5.74) is 0.0385. The Morgan fingerprint density at radius 3 is 2.00 bits per heavy atom. The number of aliphatic hydroxyl groups excluding tert-OH is 1. The molecule has 3 aromatic rings. The SMILES string of the molecule is COc1ccc(C2/C(=C(\O)c3c(OC)cccc3OC)C(=O)C(=O)N2c2cccc(OC(F)(F)F)c2)cc1. The molecule has 3 aromatic carbocycles. The highest BCUT2D eigenvalue weighted by atomic mass is 19.4. The summed E-state index contributed by atoms with van der Waals surface area (Å²) >= 11 is 0. The lowest BCUT2D eigenvalue weighted by Crippen LogP contribution is -2.29. The van der Waals surface area contributed by atoms with E-state index in [1.54, 1.807) is 30.3 Å². The molecule has 0 bridgehead atoms. The van der Waals surface area contributed by atoms with Crippen molar-refractivity contribution in [1.82, 2.24) is 0 Å². The van der Waals surface area contributed by atoms with E-state index in [0.717, 1.165) is 17.0 Å². The second-order valence-electron chi connectivity index (χ2n) is 8.02. The lowest BCUT2D eigenvalue weighted by molar-refractivity contribution is -0.274. The zero-order chi connectivity index (χ0) is 27.6. The number of halogens is 3. The van der Waals surface area contributed by atoms with Gasteiger partial charge < -0.3 is 24.1 Å². The van der Waals surface area contributed by atoms with Crippen LogP contribution in [0.3, 0.4) is 0 Å². The van der Waals surface area contributed by atoms with Gasteiger partial charge in [0.15, 0.2) is 0 Å². The molecular formula is C27H22F3NO7. The summed E-state index contributed by atoms with van der Waals surface area (Å²) in [4.78, 5) is 27.7. The number of nitrogens with zero attached hydrogens (tertiary/aromatic N) is 1. The second kappa shape index (κ2) is 10.4. The van der Waals surface area contributed by atoms with E-state index in [9.17, 15) is 27.9 Å². The van der Waals surface area contributed by atoms with Gasteiger partial charge >= 0.3 is 6.36 Å². The number of hydrogen-bond acceptors (Lipinski definition) is 7. The van der Waals surface area contributed by atoms with Crippen LogP contribution < -0.4 is 23.8 Å². The average molecular weight is 529 g/mol. The van der Waals surface area contributed by atoms with Crippen LogP contribution >= 0.6 is 0 Å². The summed E-state index contributed by atoms with van der Waals surface area (Å²) in [5, 5.41) is 11.5. The number of ketones is 1. The molecule has 0 aliphatic carbocycles. The number of alkyl halides is 3. The molecule has 1 atom stereocenters. The highest BCUT2D eigenvalue weighted by molar-refractivity contribution is 6.51. The van der Waals surface area contributed by atoms with E-state index in [1.165, 1.54) is 45.6 Å². The maximum Gasteiger partial charge on any atom is 0.573 e. The smallest absolute Gasteiger partial charge is 0.506 e. The molecule has 1 heterocycles. The molecule has 0 saturated carbocycles. The van der Waals surface area contributed by atoms with E-state index in [4.69, 9.17) is 14.2 Å². The second-order valence-corrected chi connectivity index (χ2v) is 8.02. The van der Waals surface area contributed by atoms with Crippen LogP contribution in [0.25, 0.3) is 5.76 Å². The molecule has 0 radical (unpaired) electrons. The number of anilines is 1. The zero-order valence-electron chi connectivity index (χ0n) is 20.4. The molecule has 4 rings (SSSR count). The molecule has 0 spiro atoms. The Hall–Kier alpha value is -4.67. The highest BCUT2D eigenvalue weighted by Gasteiger charge is 2.47. The van der Waals surface area contributed by atoms with Crippen LogP contribution in [0.1, 0.15) is 17.2 Å². The van der Waals surface area contributed by atoms with Gasteiger partial charge in [-0.1, -0.05) is 24.3 Å². The van der Waals surface area contributed by atoms with E-state index in [2.05, 4.69) is 4.74 Å². The van der Waals surface area contributed by atoms with Gasteiger partial charge in [0.25, 0.3) is 11.7 Å². The number of carbonyl (C=O) groups excluding carboxylic acids is 2. The Bertz CT molecular complexity index is 1380. The maximum atomic E-state index is 13.4. The van der Waals surface area contributed by atoms with Crippen LogP contribution in [-0.4, -0.2) is 44.5 Å². The fourth-order valence-corrected chi connectivity index (χ4v) is 4.25. The largest absolute Gasteiger partial charge is 0.573 e. The Morgan fingerprint density at radius 1 is 0.842 bits per heavy atom. The molecule has 1 amide bonds. The van der Waals surface area contributed by atoms with Crippen molar-refractivity contribution in [3.8, 4) is 23.0 Å². The quantitative estimate of drug-likeness (QED) is 0.254. The normalized spacial score (nSPS) is 16.9. The van der Waals surface area contributed by atoms with Crippen molar-refractivity contribution in [2.75, 3.05) is 26.2 Å². The summed E-state index contributed by atoms with van der Waals surface area (Å²) in [7, 11) is 4.18. The van der Waals surface area contributed by atoms with Crippen molar-refractivity contribution in [3.63, 3.8) is 0 Å². The van der Waals surface area contributed by atoms with Gasteiger partial charge in [0.1, 0.15) is 34.3 Å². The Kier molecular flexibility index (Phi) is 7.20. The van der Waals surface area contributed by atoms with Gasteiger partial charge in [-0.05, 0) is 42.0 Å². The molecule has 1 aliphatic heterocycles. The molecule has 8 nitrogen and oxygen atoms in total. The summed E-state index contributed by atoms with van der Waals surface area (Å²) < 4.78 is 58.5. The van der Waals surface area contributed by atoms with Crippen molar-refractivity contribution in [1.29, 1.82) is 0 Å². The van der Waals surface area contributed by atoms with Crippen LogP contribution in [0.2, 0.25) is 0 Å². The third kappa shape index (κ3) is 4.95. The number of ether oxygens (including phenoxy) is 4. The predicted octanol–water partition coefficient (Wildman–Crippen LogP) is 5.24. The van der Waals surface area contributed by atoms with Gasteiger partial charge in [-0.3, -0.25) is 14.5 Å². The highest BCUT2D eigenvalue weighted by Crippen LogP contribution is 2.46. The molecule has 198 valence electrons. The van der Waals surface area contributed by atoms with Crippen LogP contribution in [0.15, 0.2) is 72.3 Å². The molecule has 38 heavy (non-hydrogen) atoms. The third-order valence-corrected chi connectivity index (χ3v) is 5.87. The van der Waals surface area contributed by atoms with Crippen molar-refractivity contribution >= 4 is 23.1 Å². The first-order valence-electron chi connectivity index (χ1n) is 11.1. The standard InChI is InChI=1S/C27H22F3NO7/c1-35-17-12-10-15(11-13-17)23-22(24(32)21-19(36-2)8-5-9-20(21)37-3)25(33)26(34)31(23)16-6-4-7-18(14-16)38-27(28,29)30/h4-14,23,32H,1-3H3/b24-22+. The summed E-state index contributed by atoms with van der Waals surface area (Å²) in [6, 6.07) is 14.4. The first-order valence-corrected chi connectivity index (χ1v) is 11.1. The maximum absolute atomic E-state index is 13.4. The fourth-order valence-electron chi connectivity index (χ4n) is 4.25. The summed E-state index contributed by atoms with van der Waals surface area (Å²) in [5.74, 6) is -2.47. The van der Waals surface area contributed by atoms with Crippen molar-refractivity contribution in [2.45, 2.75) is 12.4 Å². The minimum Gasteiger partial charge on any atom is -0.506 e. The first kappa shape index (κ1) is 26.4. The number of benzene rings is 3. The van der Waals surface area contributed by atoms with Gasteiger partial charge in [0.05, 0.1) is 32.9 Å². The Labute approximate surface area is 215 Å². The van der Waals surface area contributed by atoms with Gasteiger partial charge in [-0.15, -0.1) is 13.2 Å². The molecule has 1 N–H and O–H groups in total. The number of Topliss-reactive ketones (excluding diaryl/α,β-unsaturated/α-hetero) is 1. The minimum atomic E-state index is -4.97. The van der Waals surface area contributed by atoms with Crippen molar-refractivity contribution in [2.24, 2.45) is 0 Å². The molecule has 1 saturated heterocycles. The number of hydrogen-bond donors (Lipinski definition) is 1. The summed E-state index contributed by atoms with van der Waals surface area (Å²) in [6.45, 7) is 0. The average Bonchev–Trinajstić information content (AvgIpc) is 3.17. The van der Waals surface area contributed by atoms with Crippen molar-refractivity contribution in [3.05, 3.63) is 83.4 Å². The number of methoxy groups -OCH3 is 3. The molecular weight excluding hydrogens is 507 g/mol. The molecule has 1 fully saturated rings. The molecule has 11 heteroatoms. The van der Waals surface area contributed by atoms with E-state index in [0.29, 0.717) is 11.3 Å². The van der Waals surface area contributed by atoms with Gasteiger partial charge in [-0.2, -0.15) is 0 Å². The molecule has 1 aliphatic rings. The molecule has 0 aromatic heterocycles. The van der Waals surface area contributed by atoms with E-state index in [-0.39, 0.29) is 28.3 Å². The van der Waals surface area contributed by atoms with Crippen LogP contribution in [0.5, 0.6) is 23.0 Å². The number of carbonyl (C=O) groups is 2. The minimum absolute atomic E-state index is 0.0307. The number of amides is 1. The monoisotopic (exact) mass is 529 g/mol. The van der Waals surface area contributed by atoms with Crippen LogP contribution in [0.4, 0.5) is 18.9 Å². The molecule has 1 unspecified atom stereocenters. The van der Waals surface area contributed by atoms with Gasteiger partial charge in [0, 0.05) is 11.8 Å². The topological polar surface area (TPSA) is 94.5 Å². The van der Waals surface area contributed by atoms with E-state index >= 15 is 0 Å². The number of rotatable bonds is 7. The summed E-state index contributed by atoms with van der Waals surface area (Å²) in [6.07, 6.45) is -4.97. The fraction of sp³-hybridized carbons (Fsp3) is 0.185. The Balaban J connectivity index is 1.96. The van der Waals surface area contributed by atoms with Gasteiger partial charge in [0.2, 0.25) is 0 Å². The lowest BCUT2D eigenvalue weighted by atomic mass is 9.94. The van der Waals surface area contributed by atoms with Gasteiger partial charge in [-0.25, -0.2) is 0 Å². The first-order chi connectivity index (χ1) is 18.1. The zero-order valence-corrected chi connectivity index (χ0v) is 20.4. The Morgan fingerprint density at radius 2 is 1.45 bits per heavy atom. The van der Waals surface area contributed by atoms with Crippen LogP contribution in [0, 0.1) is 0 Å². The van der Waals surface area contributed by atoms with Crippen molar-refractivity contribution < 1.29 is 46.8 Å². The third-order valence-electron chi connectivity index (χ3n) is 5.87.